The Balaban J connectivity index is -0.000000328. The first kappa shape index (κ1) is 21.9. The number of benzene rings is 1. The summed E-state index contributed by atoms with van der Waals surface area (Å²) in [5, 5.41) is 3.06. The van der Waals surface area contributed by atoms with Gasteiger partial charge < -0.3 is 5.32 Å². The zero-order valence-electron chi connectivity index (χ0n) is 13.8. The number of rotatable bonds is 1. The smallest absolute Gasteiger partial charge is 0.127 e. The SMILES string of the molecule is CC.CC.CC.CN=C(NC)c1ccccc1C. The summed E-state index contributed by atoms with van der Waals surface area (Å²) in [6.45, 7) is 14.1. The second-order valence-corrected chi connectivity index (χ2v) is 2.64. The Morgan fingerprint density at radius 1 is 0.944 bits per heavy atom. The molecule has 0 unspecified atom stereocenters. The molecule has 2 heteroatoms. The van der Waals surface area contributed by atoms with E-state index in [9.17, 15) is 0 Å². The van der Waals surface area contributed by atoms with E-state index in [4.69, 9.17) is 0 Å². The molecule has 0 fully saturated rings. The van der Waals surface area contributed by atoms with Crippen LogP contribution < -0.4 is 5.32 Å². The minimum atomic E-state index is 0.938. The molecule has 0 aliphatic carbocycles. The molecule has 0 atom stereocenters. The van der Waals surface area contributed by atoms with E-state index in [1.807, 2.05) is 60.7 Å². The maximum absolute atomic E-state index is 4.14. The standard InChI is InChI=1S/C10H14N2.3C2H6/c1-8-6-4-5-7-9(8)10(11-2)12-3;3*1-2/h4-7H,1-3H3,(H,11,12);3*1-2H3. The second kappa shape index (κ2) is 18.1. The van der Waals surface area contributed by atoms with Gasteiger partial charge in [-0.15, -0.1) is 0 Å². The largest absolute Gasteiger partial charge is 0.373 e. The molecule has 106 valence electrons. The Morgan fingerprint density at radius 2 is 1.39 bits per heavy atom. The van der Waals surface area contributed by atoms with Crippen molar-refractivity contribution in [3.63, 3.8) is 0 Å². The molecule has 1 rings (SSSR count). The number of amidine groups is 1. The van der Waals surface area contributed by atoms with Crippen molar-refractivity contribution in [3.05, 3.63) is 35.4 Å². The fraction of sp³-hybridized carbons (Fsp3) is 0.562. The highest BCUT2D eigenvalue weighted by Crippen LogP contribution is 2.06. The highest BCUT2D eigenvalue weighted by atomic mass is 14.9. The Morgan fingerprint density at radius 3 is 1.72 bits per heavy atom. The van der Waals surface area contributed by atoms with Crippen LogP contribution in [-0.4, -0.2) is 19.9 Å². The van der Waals surface area contributed by atoms with Gasteiger partial charge in [0.2, 0.25) is 0 Å². The topological polar surface area (TPSA) is 24.4 Å². The van der Waals surface area contributed by atoms with E-state index in [0.717, 1.165) is 5.84 Å². The van der Waals surface area contributed by atoms with Crippen LogP contribution in [0.5, 0.6) is 0 Å². The maximum Gasteiger partial charge on any atom is 0.127 e. The number of hydrogen-bond acceptors (Lipinski definition) is 1. The number of nitrogens with zero attached hydrogens (tertiary/aromatic N) is 1. The van der Waals surface area contributed by atoms with Gasteiger partial charge in [0.05, 0.1) is 0 Å². The van der Waals surface area contributed by atoms with Crippen LogP contribution in [0, 0.1) is 6.92 Å². The minimum absolute atomic E-state index is 0.938. The number of aryl methyl sites for hydroxylation is 1. The van der Waals surface area contributed by atoms with Gasteiger partial charge in [-0.25, -0.2) is 0 Å². The molecule has 0 aliphatic rings. The van der Waals surface area contributed by atoms with Crippen LogP contribution >= 0.6 is 0 Å². The van der Waals surface area contributed by atoms with Crippen molar-refractivity contribution in [1.29, 1.82) is 0 Å². The van der Waals surface area contributed by atoms with Crippen molar-refractivity contribution < 1.29 is 0 Å². The lowest BCUT2D eigenvalue weighted by atomic mass is 10.1. The average molecular weight is 252 g/mol. The summed E-state index contributed by atoms with van der Waals surface area (Å²) >= 11 is 0. The van der Waals surface area contributed by atoms with E-state index in [1.165, 1.54) is 11.1 Å². The van der Waals surface area contributed by atoms with Gasteiger partial charge in [-0.3, -0.25) is 4.99 Å². The third-order valence-electron chi connectivity index (χ3n) is 1.86. The minimum Gasteiger partial charge on any atom is -0.373 e. The Bertz CT molecular complexity index is 291. The molecule has 0 heterocycles. The molecule has 1 aromatic rings. The van der Waals surface area contributed by atoms with E-state index in [1.54, 1.807) is 7.05 Å². The lowest BCUT2D eigenvalue weighted by molar-refractivity contribution is 1.14. The summed E-state index contributed by atoms with van der Waals surface area (Å²) in [5.41, 5.74) is 2.41. The van der Waals surface area contributed by atoms with Gasteiger partial charge in [0.15, 0.2) is 0 Å². The predicted octanol–water partition coefficient (Wildman–Crippen LogP) is 4.67. The van der Waals surface area contributed by atoms with Crippen LogP contribution in [0.1, 0.15) is 52.7 Å². The van der Waals surface area contributed by atoms with Crippen LogP contribution in [0.3, 0.4) is 0 Å². The summed E-state index contributed by atoms with van der Waals surface area (Å²) in [7, 11) is 3.67. The number of nitrogens with one attached hydrogen (secondary N) is 1. The molecule has 0 radical (unpaired) electrons. The Kier molecular flexibility index (Phi) is 22.0. The summed E-state index contributed by atoms with van der Waals surface area (Å²) < 4.78 is 0. The molecule has 0 amide bonds. The second-order valence-electron chi connectivity index (χ2n) is 2.64. The molecule has 0 bridgehead atoms. The first-order valence-corrected chi connectivity index (χ1v) is 7.00. The normalized spacial score (nSPS) is 8.61. The van der Waals surface area contributed by atoms with Crippen molar-refractivity contribution in [1.82, 2.24) is 5.32 Å². The third kappa shape index (κ3) is 8.80. The molecule has 2 nitrogen and oxygen atoms in total. The van der Waals surface area contributed by atoms with Crippen molar-refractivity contribution in [2.45, 2.75) is 48.5 Å². The van der Waals surface area contributed by atoms with Gasteiger partial charge in [0.25, 0.3) is 0 Å². The summed E-state index contributed by atoms with van der Waals surface area (Å²) in [6.07, 6.45) is 0. The van der Waals surface area contributed by atoms with Crippen LogP contribution in [-0.2, 0) is 0 Å². The molecule has 1 aromatic carbocycles. The zero-order valence-corrected chi connectivity index (χ0v) is 13.8. The zero-order chi connectivity index (χ0) is 15.0. The first-order chi connectivity index (χ1) is 8.79. The molecule has 0 saturated carbocycles. The lowest BCUT2D eigenvalue weighted by Gasteiger charge is -2.07. The van der Waals surface area contributed by atoms with E-state index >= 15 is 0 Å². The Hall–Kier alpha value is -1.31. The van der Waals surface area contributed by atoms with E-state index < -0.39 is 0 Å². The highest BCUT2D eigenvalue weighted by molar-refractivity contribution is 5.99. The molecular weight excluding hydrogens is 220 g/mol. The summed E-state index contributed by atoms with van der Waals surface area (Å²) in [6, 6.07) is 8.19. The number of hydrogen-bond donors (Lipinski definition) is 1. The molecule has 0 aromatic heterocycles. The van der Waals surface area contributed by atoms with Gasteiger partial charge in [-0.2, -0.15) is 0 Å². The predicted molar refractivity (Wildman–Crippen MR) is 86.7 cm³/mol. The van der Waals surface area contributed by atoms with Crippen LogP contribution in [0.2, 0.25) is 0 Å². The summed E-state index contributed by atoms with van der Waals surface area (Å²) in [4.78, 5) is 4.14. The monoisotopic (exact) mass is 252 g/mol. The van der Waals surface area contributed by atoms with Gasteiger partial charge in [-0.1, -0.05) is 65.8 Å². The quantitative estimate of drug-likeness (QED) is 0.570. The van der Waals surface area contributed by atoms with Crippen LogP contribution in [0.15, 0.2) is 29.3 Å². The number of aliphatic imine (C=N–C) groups is 1. The molecule has 1 N–H and O–H groups in total. The van der Waals surface area contributed by atoms with Gasteiger partial charge in [0.1, 0.15) is 5.84 Å². The first-order valence-electron chi connectivity index (χ1n) is 7.00. The fourth-order valence-corrected chi connectivity index (χ4v) is 1.21. The van der Waals surface area contributed by atoms with Crippen molar-refractivity contribution in [2.24, 2.45) is 4.99 Å². The fourth-order valence-electron chi connectivity index (χ4n) is 1.21. The molecule has 0 aliphatic heterocycles. The molecule has 18 heavy (non-hydrogen) atoms. The van der Waals surface area contributed by atoms with Crippen LogP contribution in [0.25, 0.3) is 0 Å². The van der Waals surface area contributed by atoms with Gasteiger partial charge >= 0.3 is 0 Å². The van der Waals surface area contributed by atoms with Crippen LogP contribution in [0.4, 0.5) is 0 Å². The van der Waals surface area contributed by atoms with E-state index in [-0.39, 0.29) is 0 Å². The Labute approximate surface area is 115 Å². The third-order valence-corrected chi connectivity index (χ3v) is 1.86. The molecule has 0 saturated heterocycles. The van der Waals surface area contributed by atoms with Crippen molar-refractivity contribution >= 4 is 5.84 Å². The maximum atomic E-state index is 4.14. The lowest BCUT2D eigenvalue weighted by Crippen LogP contribution is -2.20. The highest BCUT2D eigenvalue weighted by Gasteiger charge is 2.01. The van der Waals surface area contributed by atoms with Crippen molar-refractivity contribution in [2.75, 3.05) is 14.1 Å². The van der Waals surface area contributed by atoms with Gasteiger partial charge in [0, 0.05) is 19.7 Å². The van der Waals surface area contributed by atoms with E-state index in [0.29, 0.717) is 0 Å². The van der Waals surface area contributed by atoms with Crippen molar-refractivity contribution in [3.8, 4) is 0 Å². The molecular formula is C16H32N2. The summed E-state index contributed by atoms with van der Waals surface area (Å²) in [5.74, 6) is 0.938. The van der Waals surface area contributed by atoms with Gasteiger partial charge in [-0.05, 0) is 12.5 Å². The average Bonchev–Trinajstić information content (AvgIpc) is 2.48. The van der Waals surface area contributed by atoms with E-state index in [2.05, 4.69) is 29.4 Å². The molecule has 0 spiro atoms.